The van der Waals surface area contributed by atoms with Crippen LogP contribution in [-0.2, 0) is 112 Å². The van der Waals surface area contributed by atoms with Gasteiger partial charge < -0.3 is 82.4 Å². The molecule has 111 heavy (non-hydrogen) atoms. The highest BCUT2D eigenvalue weighted by molar-refractivity contribution is 5.80. The number of aliphatic hydroxyl groups excluding tert-OH is 3. The fraction of sp³-hybridized carbons (Fsp3) is 0.489. The highest BCUT2D eigenvalue weighted by atomic mass is 16.6. The van der Waals surface area contributed by atoms with Crippen molar-refractivity contribution in [1.29, 1.82) is 0 Å². The van der Waals surface area contributed by atoms with Crippen LogP contribution in [-0.4, -0.2) is 109 Å². The van der Waals surface area contributed by atoms with E-state index in [2.05, 4.69) is 50.2 Å². The molecule has 608 valence electrons. The van der Waals surface area contributed by atoms with Gasteiger partial charge in [-0.25, -0.2) is 4.79 Å². The predicted molar refractivity (Wildman–Crippen MR) is 428 cm³/mol. The number of hydrogen-bond donors (Lipinski definition) is 5. The van der Waals surface area contributed by atoms with E-state index in [0.29, 0.717) is 98.1 Å². The van der Waals surface area contributed by atoms with Crippen LogP contribution in [0.5, 0.6) is 40.2 Å². The van der Waals surface area contributed by atoms with Crippen LogP contribution in [0.15, 0.2) is 127 Å². The molecule has 5 N–H and O–H groups in total. The van der Waals surface area contributed by atoms with Gasteiger partial charge in [-0.05, 0) is 202 Å². The molecule has 0 bridgehead atoms. The zero-order chi connectivity index (χ0) is 81.6. The average molecular weight is 1540 g/mol. The van der Waals surface area contributed by atoms with Crippen molar-refractivity contribution in [2.45, 2.75) is 226 Å². The maximum absolute atomic E-state index is 12.9. The summed E-state index contributed by atoms with van der Waals surface area (Å²) in [5.74, 6) is 2.25. The lowest BCUT2D eigenvalue weighted by Crippen LogP contribution is -2.41. The molecule has 1 fully saturated rings. The fourth-order valence-corrected chi connectivity index (χ4v) is 11.5. The van der Waals surface area contributed by atoms with E-state index in [-0.39, 0.29) is 81.2 Å². The molecule has 0 aliphatic heterocycles. The van der Waals surface area contributed by atoms with Crippen molar-refractivity contribution in [1.82, 2.24) is 0 Å². The van der Waals surface area contributed by atoms with Crippen molar-refractivity contribution in [3.8, 4) is 51.4 Å². The minimum absolute atomic E-state index is 0.0419. The molecule has 0 aromatic heterocycles. The summed E-state index contributed by atoms with van der Waals surface area (Å²) in [7, 11) is 3.23. The van der Waals surface area contributed by atoms with Gasteiger partial charge in [0.25, 0.3) is 0 Å². The SMILES string of the molecule is CCC(C)(C)C(=O)OCC(=O)OCCOc1c(COC)cc(C)cc1COC.CCC(C)C(=O)Oc1ccc(OCc2cc(C)cc(CO)c2O)cc1.CCC(C)c1ccc(OCc2cc(CO)c(O)c(CO)c2)cc1.CCOCc1cc(-c2ccccc2)cc(COCC)c1OC1CCCCC1OC(=O)C(C)(C)CC. The highest BCUT2D eigenvalue weighted by Crippen LogP contribution is 2.38. The molecule has 0 amide bonds. The van der Waals surface area contributed by atoms with Crippen LogP contribution >= 0.6 is 0 Å². The Morgan fingerprint density at radius 3 is 1.48 bits per heavy atom. The first-order chi connectivity index (χ1) is 53.2. The van der Waals surface area contributed by atoms with Gasteiger partial charge in [-0.1, -0.05) is 113 Å². The topological polar surface area (TPSA) is 280 Å². The molecular weight excluding hydrogens is 1420 g/mol. The van der Waals surface area contributed by atoms with Gasteiger partial charge in [0.1, 0.15) is 78.9 Å². The van der Waals surface area contributed by atoms with E-state index < -0.39 is 29.4 Å². The van der Waals surface area contributed by atoms with Gasteiger partial charge in [0.05, 0.1) is 63.0 Å². The lowest BCUT2D eigenvalue weighted by Gasteiger charge is -2.34. The predicted octanol–water partition coefficient (Wildman–Crippen LogP) is 17.5. The molecule has 4 atom stereocenters. The Morgan fingerprint density at radius 2 is 0.964 bits per heavy atom. The second-order valence-corrected chi connectivity index (χ2v) is 28.9. The Labute approximate surface area is 657 Å². The third kappa shape index (κ3) is 29.9. The fourth-order valence-electron chi connectivity index (χ4n) is 11.5. The summed E-state index contributed by atoms with van der Waals surface area (Å²) in [5, 5.41) is 47.8. The summed E-state index contributed by atoms with van der Waals surface area (Å²) in [6.45, 7) is 29.7. The molecule has 0 radical (unpaired) electrons. The molecule has 4 unspecified atom stereocenters. The molecule has 21 heteroatoms. The summed E-state index contributed by atoms with van der Waals surface area (Å²) >= 11 is 0. The van der Waals surface area contributed by atoms with Crippen LogP contribution in [0.4, 0.5) is 0 Å². The molecule has 1 aliphatic carbocycles. The number of methoxy groups -OCH3 is 2. The standard InChI is InChI=1S/C30H42O5.C21H32O7.C20H24O5.C19H24O4/c1-6-30(4,5)29(31)35-27-17-13-12-16-26(27)34-28-24(20-32-7-2)18-23(19-25(28)21-33-8-3)22-14-10-9-11-15-22;1-7-21(3,4)20(23)28-14-18(22)26-8-9-27-19-16(12-24-5)10-15(2)11-17(19)13-25-6;1-4-14(3)20(23)25-18-7-5-17(6-8-18)24-12-16-10-13(2)9-15(11-21)19(16)22;1-3-13(2)15-4-6-18(7-5-15)23-12-14-8-16(10-20)19(22)17(9-14)11-21/h9-11,14-15,18-19,26-27H,6-8,12-13,16-17,20-21H2,1-5H3;10-11H,7-9,12-14H2,1-6H3;5-10,14,21-22H,4,11-12H2,1-3H3;4-9,13,20-22H,3,10-12H2,1-2H3. The van der Waals surface area contributed by atoms with Gasteiger partial charge in [-0.2, -0.15) is 0 Å². The maximum Gasteiger partial charge on any atom is 0.344 e. The van der Waals surface area contributed by atoms with Crippen LogP contribution in [0.2, 0.25) is 0 Å². The van der Waals surface area contributed by atoms with Crippen molar-refractivity contribution >= 4 is 23.9 Å². The number of esters is 4. The Hall–Kier alpha value is -9.06. The van der Waals surface area contributed by atoms with E-state index in [1.807, 2.05) is 118 Å². The Balaban J connectivity index is 0.000000268. The number of ether oxygens (including phenoxy) is 12. The summed E-state index contributed by atoms with van der Waals surface area (Å²) in [6.07, 6.45) is 6.51. The average Bonchev–Trinajstić information content (AvgIpc) is 0.798. The zero-order valence-corrected chi connectivity index (χ0v) is 68.3. The van der Waals surface area contributed by atoms with Crippen molar-refractivity contribution in [3.63, 3.8) is 0 Å². The van der Waals surface area contributed by atoms with Crippen LogP contribution < -0.4 is 23.7 Å². The maximum atomic E-state index is 12.9. The monoisotopic (exact) mass is 1540 g/mol. The van der Waals surface area contributed by atoms with E-state index in [1.54, 1.807) is 70.5 Å². The summed E-state index contributed by atoms with van der Waals surface area (Å²) in [6, 6.07) is 40.3. The molecule has 21 nitrogen and oxygen atoms in total. The first-order valence-electron chi connectivity index (χ1n) is 38.6. The third-order valence-electron chi connectivity index (χ3n) is 19.4. The number of aliphatic hydroxyl groups is 3. The molecule has 1 aliphatic rings. The zero-order valence-electron chi connectivity index (χ0n) is 68.3. The number of rotatable bonds is 38. The largest absolute Gasteiger partial charge is 0.507 e. The molecule has 0 spiro atoms. The number of aryl methyl sites for hydroxylation is 2. The van der Waals surface area contributed by atoms with Gasteiger partial charge in [-0.3, -0.25) is 14.4 Å². The first-order valence-corrected chi connectivity index (χ1v) is 38.6. The van der Waals surface area contributed by atoms with Crippen LogP contribution in [0, 0.1) is 30.6 Å². The van der Waals surface area contributed by atoms with Crippen molar-refractivity contribution in [2.75, 3.05) is 47.3 Å². The molecule has 7 aromatic rings. The van der Waals surface area contributed by atoms with E-state index in [1.165, 1.54) is 5.56 Å². The minimum atomic E-state index is -0.621. The first kappa shape index (κ1) is 92.5. The molecule has 8 rings (SSSR count). The number of carbonyl (C=O) groups is 4. The number of benzene rings is 7. The number of aromatic hydroxyl groups is 2. The van der Waals surface area contributed by atoms with Gasteiger partial charge in [0.2, 0.25) is 0 Å². The second kappa shape index (κ2) is 48.0. The number of phenols is 2. The lowest BCUT2D eigenvalue weighted by atomic mass is 9.89. The summed E-state index contributed by atoms with van der Waals surface area (Å²) in [4.78, 5) is 48.3. The van der Waals surface area contributed by atoms with Gasteiger partial charge in [-0.15, -0.1) is 0 Å². The number of carbonyl (C=O) groups excluding carboxylic acids is 4. The Morgan fingerprint density at radius 1 is 0.486 bits per heavy atom. The Kier molecular flexibility index (Phi) is 40.0. The van der Waals surface area contributed by atoms with Crippen LogP contribution in [0.1, 0.15) is 207 Å². The molecule has 7 aromatic carbocycles. The molecule has 1 saturated carbocycles. The van der Waals surface area contributed by atoms with Crippen molar-refractivity contribution in [3.05, 3.63) is 194 Å². The summed E-state index contributed by atoms with van der Waals surface area (Å²) < 4.78 is 67.6. The van der Waals surface area contributed by atoms with E-state index in [0.717, 1.165) is 107 Å². The lowest BCUT2D eigenvalue weighted by molar-refractivity contribution is -0.167. The molecular formula is C90H122O21. The second-order valence-electron chi connectivity index (χ2n) is 28.9. The van der Waals surface area contributed by atoms with Crippen molar-refractivity contribution < 1.29 is 102 Å². The minimum Gasteiger partial charge on any atom is -0.507 e. The quantitative estimate of drug-likeness (QED) is 0.0104. The van der Waals surface area contributed by atoms with Gasteiger partial charge >= 0.3 is 23.9 Å². The molecule has 0 heterocycles. The van der Waals surface area contributed by atoms with E-state index in [4.69, 9.17) is 56.8 Å². The third-order valence-corrected chi connectivity index (χ3v) is 19.4. The normalized spacial score (nSPS) is 13.8. The highest BCUT2D eigenvalue weighted by Gasteiger charge is 2.36. The Bertz CT molecular complexity index is 3880. The van der Waals surface area contributed by atoms with Crippen LogP contribution in [0.3, 0.4) is 0 Å². The van der Waals surface area contributed by atoms with E-state index >= 15 is 0 Å². The summed E-state index contributed by atoms with van der Waals surface area (Å²) in [5.41, 5.74) is 10.9. The van der Waals surface area contributed by atoms with Gasteiger partial charge in [0.15, 0.2) is 6.61 Å². The van der Waals surface area contributed by atoms with E-state index in [9.17, 15) is 44.7 Å². The van der Waals surface area contributed by atoms with Crippen molar-refractivity contribution in [2.24, 2.45) is 16.7 Å². The van der Waals surface area contributed by atoms with Crippen LogP contribution in [0.25, 0.3) is 11.1 Å². The van der Waals surface area contributed by atoms with Gasteiger partial charge in [0, 0.05) is 71.9 Å². The molecule has 0 saturated heterocycles. The number of hydrogen-bond acceptors (Lipinski definition) is 21. The smallest absolute Gasteiger partial charge is 0.344 e.